The molecule has 0 radical (unpaired) electrons. The van der Waals surface area contributed by atoms with Gasteiger partial charge in [-0.05, 0) is 54.8 Å². The van der Waals surface area contributed by atoms with Crippen molar-refractivity contribution in [3.8, 4) is 0 Å². The summed E-state index contributed by atoms with van der Waals surface area (Å²) < 4.78 is 0. The molecule has 0 unspecified atom stereocenters. The van der Waals surface area contributed by atoms with Crippen molar-refractivity contribution in [3.05, 3.63) is 88.7 Å². The molecule has 0 atom stereocenters. The van der Waals surface area contributed by atoms with Crippen molar-refractivity contribution in [2.24, 2.45) is 0 Å². The van der Waals surface area contributed by atoms with E-state index in [2.05, 4.69) is 15.6 Å². The molecule has 132 valence electrons. The normalized spacial score (nSPS) is 10.4. The number of hydrogen-bond acceptors (Lipinski definition) is 3. The van der Waals surface area contributed by atoms with Crippen LogP contribution in [-0.4, -0.2) is 17.4 Å². The highest BCUT2D eigenvalue weighted by Crippen LogP contribution is 2.20. The zero-order valence-electron chi connectivity index (χ0n) is 14.5. The van der Waals surface area contributed by atoms with Gasteiger partial charge in [-0.1, -0.05) is 41.9 Å². The molecule has 1 amide bonds. The lowest BCUT2D eigenvalue weighted by Gasteiger charge is -2.10. The van der Waals surface area contributed by atoms with Crippen molar-refractivity contribution < 1.29 is 4.79 Å². The summed E-state index contributed by atoms with van der Waals surface area (Å²) in [7, 11) is 0. The van der Waals surface area contributed by atoms with Gasteiger partial charge in [0.25, 0.3) is 5.91 Å². The number of nitrogens with one attached hydrogen (secondary N) is 2. The van der Waals surface area contributed by atoms with Crippen LogP contribution in [0.25, 0.3) is 0 Å². The van der Waals surface area contributed by atoms with E-state index in [-0.39, 0.29) is 5.91 Å². The van der Waals surface area contributed by atoms with Crippen LogP contribution in [-0.2, 0) is 6.42 Å². The number of para-hydroxylation sites is 1. The Morgan fingerprint density at radius 2 is 1.92 bits per heavy atom. The molecule has 0 aliphatic heterocycles. The molecule has 0 aliphatic rings. The monoisotopic (exact) mass is 365 g/mol. The molecule has 0 saturated carbocycles. The van der Waals surface area contributed by atoms with E-state index in [9.17, 15) is 4.79 Å². The number of carbonyl (C=O) groups excluding carboxylic acids is 1. The first-order valence-electron chi connectivity index (χ1n) is 8.43. The lowest BCUT2D eigenvalue weighted by atomic mass is 10.1. The van der Waals surface area contributed by atoms with Crippen LogP contribution in [0.4, 0.5) is 11.4 Å². The van der Waals surface area contributed by atoms with E-state index in [4.69, 9.17) is 11.6 Å². The number of pyridine rings is 1. The van der Waals surface area contributed by atoms with Crippen molar-refractivity contribution in [3.63, 3.8) is 0 Å². The minimum atomic E-state index is -0.194. The number of aryl methyl sites for hydroxylation is 1. The highest BCUT2D eigenvalue weighted by Gasteiger charge is 2.08. The number of nitrogens with zero attached hydrogens (tertiary/aromatic N) is 1. The first-order valence-corrected chi connectivity index (χ1v) is 8.81. The van der Waals surface area contributed by atoms with Crippen molar-refractivity contribution >= 4 is 28.9 Å². The summed E-state index contributed by atoms with van der Waals surface area (Å²) >= 11 is 5.97. The van der Waals surface area contributed by atoms with Gasteiger partial charge in [-0.15, -0.1) is 0 Å². The topological polar surface area (TPSA) is 54.0 Å². The number of anilines is 2. The second-order valence-corrected chi connectivity index (χ2v) is 6.44. The van der Waals surface area contributed by atoms with Crippen molar-refractivity contribution in [2.45, 2.75) is 13.3 Å². The third-order valence-corrected chi connectivity index (χ3v) is 4.24. The molecule has 2 N–H and O–H groups in total. The maximum Gasteiger partial charge on any atom is 0.269 e. The van der Waals surface area contributed by atoms with Crippen LogP contribution < -0.4 is 10.6 Å². The summed E-state index contributed by atoms with van der Waals surface area (Å²) in [6, 6.07) is 19.2. The van der Waals surface area contributed by atoms with Crippen LogP contribution >= 0.6 is 11.6 Å². The maximum atomic E-state index is 12.3. The largest absolute Gasteiger partial charge is 0.355 e. The van der Waals surface area contributed by atoms with Gasteiger partial charge in [0, 0.05) is 29.1 Å². The number of amides is 1. The zero-order chi connectivity index (χ0) is 18.4. The SMILES string of the molecule is Cc1ccccc1Nc1ccnc(C(=O)NCCc2cccc(Cl)c2)c1. The third kappa shape index (κ3) is 4.83. The molecule has 0 spiro atoms. The van der Waals surface area contributed by atoms with Crippen LogP contribution in [0.15, 0.2) is 66.9 Å². The quantitative estimate of drug-likeness (QED) is 0.662. The number of aromatic nitrogens is 1. The van der Waals surface area contributed by atoms with Gasteiger partial charge >= 0.3 is 0 Å². The van der Waals surface area contributed by atoms with Crippen molar-refractivity contribution in [1.82, 2.24) is 10.3 Å². The van der Waals surface area contributed by atoms with E-state index in [0.29, 0.717) is 23.7 Å². The van der Waals surface area contributed by atoms with Crippen LogP contribution in [0.5, 0.6) is 0 Å². The van der Waals surface area contributed by atoms with Crippen molar-refractivity contribution in [2.75, 3.05) is 11.9 Å². The predicted octanol–water partition coefficient (Wildman–Crippen LogP) is 4.76. The van der Waals surface area contributed by atoms with Crippen LogP contribution in [0.1, 0.15) is 21.6 Å². The molecule has 2 aromatic carbocycles. The first-order chi connectivity index (χ1) is 12.6. The molecule has 1 heterocycles. The Kier molecular flexibility index (Phi) is 5.87. The second kappa shape index (κ2) is 8.50. The first kappa shape index (κ1) is 18.0. The molecule has 1 aromatic heterocycles. The summed E-state index contributed by atoms with van der Waals surface area (Å²) in [5.74, 6) is -0.194. The Balaban J connectivity index is 1.60. The van der Waals surface area contributed by atoms with Gasteiger partial charge in [-0.2, -0.15) is 0 Å². The highest BCUT2D eigenvalue weighted by atomic mass is 35.5. The van der Waals surface area contributed by atoms with Gasteiger partial charge in [0.1, 0.15) is 5.69 Å². The van der Waals surface area contributed by atoms with Gasteiger partial charge in [-0.25, -0.2) is 0 Å². The van der Waals surface area contributed by atoms with Gasteiger partial charge < -0.3 is 10.6 Å². The average molecular weight is 366 g/mol. The number of carbonyl (C=O) groups is 1. The average Bonchev–Trinajstić information content (AvgIpc) is 2.64. The molecule has 4 nitrogen and oxygen atoms in total. The molecule has 0 bridgehead atoms. The Labute approximate surface area is 158 Å². The summed E-state index contributed by atoms with van der Waals surface area (Å²) in [6.45, 7) is 2.56. The van der Waals surface area contributed by atoms with Crippen LogP contribution in [0.2, 0.25) is 5.02 Å². The molecule has 0 saturated heterocycles. The minimum Gasteiger partial charge on any atom is -0.355 e. The van der Waals surface area contributed by atoms with Gasteiger partial charge in [0.15, 0.2) is 0 Å². The zero-order valence-corrected chi connectivity index (χ0v) is 15.3. The summed E-state index contributed by atoms with van der Waals surface area (Å²) in [5.41, 5.74) is 4.44. The highest BCUT2D eigenvalue weighted by molar-refractivity contribution is 6.30. The molecular weight excluding hydrogens is 346 g/mol. The Morgan fingerprint density at radius 1 is 1.08 bits per heavy atom. The molecular formula is C21H20ClN3O. The van der Waals surface area contributed by atoms with Gasteiger partial charge in [-0.3, -0.25) is 9.78 Å². The minimum absolute atomic E-state index is 0.194. The van der Waals surface area contributed by atoms with E-state index in [0.717, 1.165) is 22.5 Å². The fraction of sp³-hybridized carbons (Fsp3) is 0.143. The Hall–Kier alpha value is -2.85. The van der Waals surface area contributed by atoms with Crippen LogP contribution in [0, 0.1) is 6.92 Å². The molecule has 26 heavy (non-hydrogen) atoms. The lowest BCUT2D eigenvalue weighted by Crippen LogP contribution is -2.26. The van der Waals surface area contributed by atoms with Gasteiger partial charge in [0.05, 0.1) is 0 Å². The molecule has 0 fully saturated rings. The number of hydrogen-bond donors (Lipinski definition) is 2. The molecule has 0 aliphatic carbocycles. The summed E-state index contributed by atoms with van der Waals surface area (Å²) in [6.07, 6.45) is 2.35. The predicted molar refractivity (Wildman–Crippen MR) is 106 cm³/mol. The summed E-state index contributed by atoms with van der Waals surface area (Å²) in [4.78, 5) is 16.5. The third-order valence-electron chi connectivity index (χ3n) is 4.00. The fourth-order valence-corrected chi connectivity index (χ4v) is 2.82. The lowest BCUT2D eigenvalue weighted by molar-refractivity contribution is 0.0949. The fourth-order valence-electron chi connectivity index (χ4n) is 2.60. The smallest absolute Gasteiger partial charge is 0.269 e. The molecule has 5 heteroatoms. The van der Waals surface area contributed by atoms with E-state index in [1.807, 2.05) is 61.5 Å². The second-order valence-electron chi connectivity index (χ2n) is 6.01. The van der Waals surface area contributed by atoms with Crippen LogP contribution in [0.3, 0.4) is 0 Å². The Bertz CT molecular complexity index is 911. The van der Waals surface area contributed by atoms with Crippen molar-refractivity contribution in [1.29, 1.82) is 0 Å². The van der Waals surface area contributed by atoms with E-state index < -0.39 is 0 Å². The molecule has 3 aromatic rings. The maximum absolute atomic E-state index is 12.3. The standard InChI is InChI=1S/C21H20ClN3O/c1-15-5-2-3-8-19(15)25-18-10-12-23-20(14-18)21(26)24-11-9-16-6-4-7-17(22)13-16/h2-8,10,12-14H,9,11H2,1H3,(H,23,25)(H,24,26). The number of rotatable bonds is 6. The Morgan fingerprint density at radius 3 is 2.73 bits per heavy atom. The number of benzene rings is 2. The summed E-state index contributed by atoms with van der Waals surface area (Å²) in [5, 5.41) is 6.92. The van der Waals surface area contributed by atoms with E-state index in [1.165, 1.54) is 0 Å². The molecule has 3 rings (SSSR count). The van der Waals surface area contributed by atoms with E-state index in [1.54, 1.807) is 12.3 Å². The van der Waals surface area contributed by atoms with E-state index >= 15 is 0 Å². The van der Waals surface area contributed by atoms with Gasteiger partial charge in [0.2, 0.25) is 0 Å². The number of halogens is 1.